The molecule has 0 N–H and O–H groups in total. The highest BCUT2D eigenvalue weighted by molar-refractivity contribution is 7.07. The molecule has 2 heterocycles. The van der Waals surface area contributed by atoms with Crippen molar-refractivity contribution in [2.75, 3.05) is 6.54 Å². The number of aryl methyl sites for hydroxylation is 1. The van der Waals surface area contributed by atoms with E-state index in [1.807, 2.05) is 36.7 Å². The van der Waals surface area contributed by atoms with Crippen LogP contribution in [0.15, 0.2) is 76.3 Å². The first-order valence-corrected chi connectivity index (χ1v) is 9.32. The summed E-state index contributed by atoms with van der Waals surface area (Å²) in [7, 11) is 0. The van der Waals surface area contributed by atoms with E-state index in [9.17, 15) is 0 Å². The molecule has 0 aliphatic heterocycles. The summed E-state index contributed by atoms with van der Waals surface area (Å²) in [5, 5.41) is 6.92. The maximum Gasteiger partial charge on any atom is 0.206 e. The Kier molecular flexibility index (Phi) is 5.58. The molecule has 26 heavy (non-hydrogen) atoms. The lowest BCUT2D eigenvalue weighted by Crippen LogP contribution is -2.15. The standard InChI is InChI=1S/C21H22N4S/c1-15(2)13-23-21-25(24-17(4)19-7-5-6-12-22-19)20(14-26-21)18-10-8-16(3)9-11-18/h5-12,14H,1,13H2,2-4H3. The highest BCUT2D eigenvalue weighted by Crippen LogP contribution is 2.21. The zero-order chi connectivity index (χ0) is 18.5. The second kappa shape index (κ2) is 8.06. The Morgan fingerprint density at radius 3 is 2.58 bits per heavy atom. The van der Waals surface area contributed by atoms with Crippen molar-refractivity contribution in [3.05, 3.63) is 82.3 Å². The van der Waals surface area contributed by atoms with Crippen molar-refractivity contribution in [3.8, 4) is 11.3 Å². The lowest BCUT2D eigenvalue weighted by atomic mass is 10.1. The van der Waals surface area contributed by atoms with Crippen molar-refractivity contribution in [2.45, 2.75) is 20.8 Å². The highest BCUT2D eigenvalue weighted by atomic mass is 32.1. The molecule has 0 bridgehead atoms. The van der Waals surface area contributed by atoms with E-state index in [1.165, 1.54) is 5.56 Å². The second-order valence-corrected chi connectivity index (χ2v) is 7.09. The summed E-state index contributed by atoms with van der Waals surface area (Å²) in [6.45, 7) is 10.6. The molecule has 0 saturated carbocycles. The Morgan fingerprint density at radius 2 is 1.92 bits per heavy atom. The van der Waals surface area contributed by atoms with E-state index < -0.39 is 0 Å². The van der Waals surface area contributed by atoms with Gasteiger partial charge in [-0.2, -0.15) is 5.10 Å². The van der Waals surface area contributed by atoms with Gasteiger partial charge in [0.1, 0.15) is 0 Å². The molecule has 2 aromatic heterocycles. The molecule has 0 aliphatic rings. The first-order chi connectivity index (χ1) is 12.5. The lowest BCUT2D eigenvalue weighted by Gasteiger charge is -2.06. The summed E-state index contributed by atoms with van der Waals surface area (Å²) in [6.07, 6.45) is 1.78. The number of pyridine rings is 1. The average molecular weight is 363 g/mol. The van der Waals surface area contributed by atoms with E-state index in [-0.39, 0.29) is 0 Å². The predicted molar refractivity (Wildman–Crippen MR) is 110 cm³/mol. The Morgan fingerprint density at radius 1 is 1.15 bits per heavy atom. The van der Waals surface area contributed by atoms with Crippen molar-refractivity contribution in [3.63, 3.8) is 0 Å². The van der Waals surface area contributed by atoms with Crippen LogP contribution < -0.4 is 4.80 Å². The van der Waals surface area contributed by atoms with Crippen LogP contribution in [-0.4, -0.2) is 21.9 Å². The molecule has 0 aliphatic carbocycles. The predicted octanol–water partition coefficient (Wildman–Crippen LogP) is 4.67. The maximum absolute atomic E-state index is 4.82. The van der Waals surface area contributed by atoms with Gasteiger partial charge in [0.2, 0.25) is 4.80 Å². The van der Waals surface area contributed by atoms with Crippen molar-refractivity contribution < 1.29 is 0 Å². The van der Waals surface area contributed by atoms with Gasteiger partial charge in [-0.05, 0) is 32.9 Å². The number of hydrogen-bond donors (Lipinski definition) is 0. The molecule has 0 radical (unpaired) electrons. The normalized spacial score (nSPS) is 12.4. The molecule has 3 rings (SSSR count). The van der Waals surface area contributed by atoms with E-state index >= 15 is 0 Å². The molecule has 0 atom stereocenters. The van der Waals surface area contributed by atoms with Crippen LogP contribution in [0.5, 0.6) is 0 Å². The van der Waals surface area contributed by atoms with Crippen molar-refractivity contribution in [1.82, 2.24) is 9.66 Å². The van der Waals surface area contributed by atoms with Gasteiger partial charge in [0, 0.05) is 17.1 Å². The summed E-state index contributed by atoms with van der Waals surface area (Å²) in [6, 6.07) is 14.3. The minimum Gasteiger partial charge on any atom is -0.255 e. The third kappa shape index (κ3) is 4.24. The number of benzene rings is 1. The van der Waals surface area contributed by atoms with Gasteiger partial charge in [0.05, 0.1) is 23.6 Å². The Labute approximate surface area is 157 Å². The zero-order valence-electron chi connectivity index (χ0n) is 15.3. The van der Waals surface area contributed by atoms with E-state index in [0.717, 1.165) is 33.0 Å². The van der Waals surface area contributed by atoms with Gasteiger partial charge in [-0.1, -0.05) is 48.0 Å². The molecule has 0 saturated heterocycles. The minimum atomic E-state index is 0.589. The summed E-state index contributed by atoms with van der Waals surface area (Å²) in [5.74, 6) is 0. The molecule has 4 nitrogen and oxygen atoms in total. The van der Waals surface area contributed by atoms with Crippen LogP contribution in [0, 0.1) is 6.92 Å². The molecule has 0 fully saturated rings. The fraction of sp³-hybridized carbons (Fsp3) is 0.190. The molecular weight excluding hydrogens is 340 g/mol. The third-order valence-corrected chi connectivity index (χ3v) is 4.66. The largest absolute Gasteiger partial charge is 0.255 e. The Hall–Kier alpha value is -2.79. The number of hydrogen-bond acceptors (Lipinski definition) is 4. The smallest absolute Gasteiger partial charge is 0.206 e. The fourth-order valence-corrected chi connectivity index (χ4v) is 3.24. The first kappa shape index (κ1) is 18.0. The lowest BCUT2D eigenvalue weighted by molar-refractivity contribution is 0.829. The second-order valence-electron chi connectivity index (χ2n) is 6.26. The van der Waals surface area contributed by atoms with E-state index in [0.29, 0.717) is 6.54 Å². The summed E-state index contributed by atoms with van der Waals surface area (Å²) >= 11 is 1.58. The van der Waals surface area contributed by atoms with Crippen LogP contribution in [0.2, 0.25) is 0 Å². The molecule has 5 heteroatoms. The van der Waals surface area contributed by atoms with E-state index in [1.54, 1.807) is 17.5 Å². The van der Waals surface area contributed by atoms with Gasteiger partial charge >= 0.3 is 0 Å². The number of aromatic nitrogens is 2. The van der Waals surface area contributed by atoms with Crippen LogP contribution in [0.3, 0.4) is 0 Å². The SMILES string of the molecule is C=C(C)CN=c1scc(-c2ccc(C)cc2)n1N=C(C)c1ccccn1. The van der Waals surface area contributed by atoms with Crippen molar-refractivity contribution >= 4 is 17.0 Å². The van der Waals surface area contributed by atoms with Crippen LogP contribution in [0.1, 0.15) is 25.1 Å². The molecular formula is C21H22N4S. The van der Waals surface area contributed by atoms with Crippen LogP contribution in [-0.2, 0) is 0 Å². The Bertz CT molecular complexity index is 992. The van der Waals surface area contributed by atoms with Crippen molar-refractivity contribution in [2.24, 2.45) is 10.1 Å². The van der Waals surface area contributed by atoms with Gasteiger partial charge in [-0.3, -0.25) is 9.98 Å². The quantitative estimate of drug-likeness (QED) is 0.480. The van der Waals surface area contributed by atoms with Gasteiger partial charge in [0.15, 0.2) is 0 Å². The minimum absolute atomic E-state index is 0.589. The van der Waals surface area contributed by atoms with Gasteiger partial charge in [-0.15, -0.1) is 11.3 Å². The van der Waals surface area contributed by atoms with E-state index in [4.69, 9.17) is 5.10 Å². The average Bonchev–Trinajstić information content (AvgIpc) is 3.04. The zero-order valence-corrected chi connectivity index (χ0v) is 16.1. The van der Waals surface area contributed by atoms with Gasteiger partial charge < -0.3 is 0 Å². The summed E-state index contributed by atoms with van der Waals surface area (Å²) < 4.78 is 1.91. The van der Waals surface area contributed by atoms with Gasteiger partial charge in [0.25, 0.3) is 0 Å². The van der Waals surface area contributed by atoms with Crippen molar-refractivity contribution in [1.29, 1.82) is 0 Å². The van der Waals surface area contributed by atoms with Gasteiger partial charge in [-0.25, -0.2) is 4.68 Å². The van der Waals surface area contributed by atoms with E-state index in [2.05, 4.69) is 53.1 Å². The molecule has 1 aromatic carbocycles. The molecule has 0 amide bonds. The maximum atomic E-state index is 4.82. The van der Waals surface area contributed by atoms with Crippen LogP contribution in [0.4, 0.5) is 0 Å². The third-order valence-electron chi connectivity index (χ3n) is 3.80. The number of thiazole rings is 1. The summed E-state index contributed by atoms with van der Waals surface area (Å²) in [5.41, 5.74) is 6.08. The molecule has 0 spiro atoms. The van der Waals surface area contributed by atoms with Crippen LogP contribution in [0.25, 0.3) is 11.3 Å². The number of rotatable bonds is 5. The highest BCUT2D eigenvalue weighted by Gasteiger charge is 2.09. The molecule has 0 unspecified atom stereocenters. The molecule has 3 aromatic rings. The monoisotopic (exact) mass is 362 g/mol. The summed E-state index contributed by atoms with van der Waals surface area (Å²) in [4.78, 5) is 9.91. The molecule has 132 valence electrons. The van der Waals surface area contributed by atoms with Crippen LogP contribution >= 0.6 is 11.3 Å². The fourth-order valence-electron chi connectivity index (χ4n) is 2.41. The Balaban J connectivity index is 2.13. The topological polar surface area (TPSA) is 42.5 Å². The number of nitrogens with zero attached hydrogens (tertiary/aromatic N) is 4. The first-order valence-electron chi connectivity index (χ1n) is 8.44.